The lowest BCUT2D eigenvalue weighted by atomic mass is 10.1. The number of rotatable bonds is 9. The van der Waals surface area contributed by atoms with Crippen LogP contribution in [0.25, 0.3) is 0 Å². The maximum atomic E-state index is 12.6. The van der Waals surface area contributed by atoms with Crippen molar-refractivity contribution in [3.63, 3.8) is 0 Å². The molecule has 0 saturated carbocycles. The zero-order chi connectivity index (χ0) is 19.0. The molecule has 0 bridgehead atoms. The lowest BCUT2D eigenvalue weighted by molar-refractivity contribution is -0.122. The van der Waals surface area contributed by atoms with Crippen molar-refractivity contribution in [3.05, 3.63) is 65.2 Å². The quantitative estimate of drug-likeness (QED) is 0.562. The number of aliphatic hydroxyl groups is 1. The Balaban J connectivity index is 2.19. The molecular formula is C18H21ClN2O4S. The fourth-order valence-corrected chi connectivity index (χ4v) is 3.64. The molecule has 0 aromatic heterocycles. The third-order valence-electron chi connectivity index (χ3n) is 3.65. The van der Waals surface area contributed by atoms with Crippen molar-refractivity contribution in [1.29, 1.82) is 0 Å². The van der Waals surface area contributed by atoms with E-state index in [1.165, 1.54) is 24.3 Å². The molecular weight excluding hydrogens is 376 g/mol. The average Bonchev–Trinajstić information content (AvgIpc) is 2.62. The number of nitrogens with one attached hydrogen (secondary N) is 2. The van der Waals surface area contributed by atoms with Gasteiger partial charge in [-0.2, -0.15) is 4.72 Å². The maximum Gasteiger partial charge on any atom is 0.241 e. The van der Waals surface area contributed by atoms with Gasteiger partial charge in [-0.3, -0.25) is 4.79 Å². The van der Waals surface area contributed by atoms with E-state index < -0.39 is 22.0 Å². The Morgan fingerprint density at radius 2 is 1.73 bits per heavy atom. The highest BCUT2D eigenvalue weighted by atomic mass is 35.5. The number of halogens is 1. The molecule has 0 radical (unpaired) electrons. The largest absolute Gasteiger partial charge is 0.396 e. The van der Waals surface area contributed by atoms with Crippen LogP contribution in [0.3, 0.4) is 0 Å². The second-order valence-electron chi connectivity index (χ2n) is 5.69. The fourth-order valence-electron chi connectivity index (χ4n) is 2.32. The van der Waals surface area contributed by atoms with E-state index in [2.05, 4.69) is 10.0 Å². The van der Waals surface area contributed by atoms with Crippen molar-refractivity contribution in [2.24, 2.45) is 0 Å². The molecule has 6 nitrogen and oxygen atoms in total. The van der Waals surface area contributed by atoms with E-state index in [9.17, 15) is 13.2 Å². The molecule has 3 N–H and O–H groups in total. The second kappa shape index (κ2) is 9.68. The minimum atomic E-state index is -3.89. The highest BCUT2D eigenvalue weighted by Gasteiger charge is 2.25. The van der Waals surface area contributed by atoms with Crippen LogP contribution in [0.4, 0.5) is 0 Å². The summed E-state index contributed by atoms with van der Waals surface area (Å²) < 4.78 is 27.7. The highest BCUT2D eigenvalue weighted by Crippen LogP contribution is 2.15. The van der Waals surface area contributed by atoms with E-state index in [4.69, 9.17) is 16.7 Å². The second-order valence-corrected chi connectivity index (χ2v) is 7.84. The summed E-state index contributed by atoms with van der Waals surface area (Å²) in [7, 11) is -3.89. The van der Waals surface area contributed by atoms with E-state index in [1.54, 1.807) is 0 Å². The number of benzene rings is 2. The van der Waals surface area contributed by atoms with Gasteiger partial charge < -0.3 is 10.4 Å². The summed E-state index contributed by atoms with van der Waals surface area (Å²) in [4.78, 5) is 12.5. The van der Waals surface area contributed by atoms with E-state index in [0.717, 1.165) is 5.56 Å². The SMILES string of the molecule is O=C(NCCCO)[C@@H](Cc1ccccc1)NS(=O)(=O)c1ccc(Cl)cc1. The molecule has 8 heteroatoms. The first-order chi connectivity index (χ1) is 12.4. The Morgan fingerprint density at radius 1 is 1.08 bits per heavy atom. The van der Waals surface area contributed by atoms with Gasteiger partial charge >= 0.3 is 0 Å². The predicted octanol–water partition coefficient (Wildman–Crippen LogP) is 1.73. The minimum absolute atomic E-state index is 0.0307. The lowest BCUT2D eigenvalue weighted by Gasteiger charge is -2.19. The summed E-state index contributed by atoms with van der Waals surface area (Å²) in [6.07, 6.45) is 0.604. The standard InChI is InChI=1S/C18H21ClN2O4S/c19-15-7-9-16(10-8-15)26(24,25)21-17(18(23)20-11-4-12-22)13-14-5-2-1-3-6-14/h1-3,5-10,17,21-22H,4,11-13H2,(H,20,23)/t17-/m1/s1. The molecule has 26 heavy (non-hydrogen) atoms. The number of carbonyl (C=O) groups excluding carboxylic acids is 1. The molecule has 1 atom stereocenters. The van der Waals surface area contributed by atoms with Crippen molar-refractivity contribution in [1.82, 2.24) is 10.0 Å². The first-order valence-electron chi connectivity index (χ1n) is 8.13. The molecule has 1 amide bonds. The Bertz CT molecular complexity index is 811. The molecule has 0 aliphatic carbocycles. The molecule has 0 unspecified atom stereocenters. The summed E-state index contributed by atoms with van der Waals surface area (Å²) in [5.74, 6) is -0.445. The number of amides is 1. The molecule has 140 valence electrons. The number of sulfonamides is 1. The van der Waals surface area contributed by atoms with Crippen LogP contribution >= 0.6 is 11.6 Å². The van der Waals surface area contributed by atoms with E-state index in [-0.39, 0.29) is 24.5 Å². The monoisotopic (exact) mass is 396 g/mol. The Labute approximate surface area is 158 Å². The van der Waals surface area contributed by atoms with Crippen molar-refractivity contribution < 1.29 is 18.3 Å². The van der Waals surface area contributed by atoms with Crippen LogP contribution in [0.15, 0.2) is 59.5 Å². The number of hydrogen-bond donors (Lipinski definition) is 3. The smallest absolute Gasteiger partial charge is 0.241 e. The molecule has 0 spiro atoms. The number of carbonyl (C=O) groups is 1. The third-order valence-corrected chi connectivity index (χ3v) is 5.39. The molecule has 0 aliphatic heterocycles. The van der Waals surface area contributed by atoms with E-state index in [1.807, 2.05) is 30.3 Å². The van der Waals surface area contributed by atoms with Crippen molar-refractivity contribution in [2.45, 2.75) is 23.8 Å². The van der Waals surface area contributed by atoms with Gasteiger partial charge in [0.25, 0.3) is 0 Å². The molecule has 2 rings (SSSR count). The van der Waals surface area contributed by atoms with Crippen LogP contribution in [0, 0.1) is 0 Å². The van der Waals surface area contributed by atoms with Crippen molar-refractivity contribution >= 4 is 27.5 Å². The van der Waals surface area contributed by atoms with Crippen molar-refractivity contribution in [2.75, 3.05) is 13.2 Å². The van der Waals surface area contributed by atoms with Crippen molar-refractivity contribution in [3.8, 4) is 0 Å². The Morgan fingerprint density at radius 3 is 2.35 bits per heavy atom. The van der Waals surface area contributed by atoms with Crippen LogP contribution in [-0.2, 0) is 21.2 Å². The van der Waals surface area contributed by atoms with Crippen LogP contribution in [0.2, 0.25) is 5.02 Å². The van der Waals surface area contributed by atoms with Gasteiger partial charge in [0.15, 0.2) is 0 Å². The first-order valence-corrected chi connectivity index (χ1v) is 9.99. The zero-order valence-corrected chi connectivity index (χ0v) is 15.6. The third kappa shape index (κ3) is 6.10. The van der Waals surface area contributed by atoms with Gasteiger partial charge in [-0.15, -0.1) is 0 Å². The molecule has 2 aromatic carbocycles. The predicted molar refractivity (Wildman–Crippen MR) is 100 cm³/mol. The van der Waals surface area contributed by atoms with Gasteiger partial charge in [-0.05, 0) is 42.7 Å². The summed E-state index contributed by atoms with van der Waals surface area (Å²) in [6, 6.07) is 13.9. The molecule has 2 aromatic rings. The Kier molecular flexibility index (Phi) is 7.59. The summed E-state index contributed by atoms with van der Waals surface area (Å²) in [6.45, 7) is 0.212. The topological polar surface area (TPSA) is 95.5 Å². The van der Waals surface area contributed by atoms with E-state index in [0.29, 0.717) is 11.4 Å². The summed E-state index contributed by atoms with van der Waals surface area (Å²) in [5, 5.41) is 11.9. The van der Waals surface area contributed by atoms with Crippen LogP contribution in [0.5, 0.6) is 0 Å². The van der Waals surface area contributed by atoms with Gasteiger partial charge in [-0.25, -0.2) is 8.42 Å². The minimum Gasteiger partial charge on any atom is -0.396 e. The molecule has 0 heterocycles. The average molecular weight is 397 g/mol. The van der Waals surface area contributed by atoms with Crippen LogP contribution in [0.1, 0.15) is 12.0 Å². The molecule has 0 saturated heterocycles. The van der Waals surface area contributed by atoms with Gasteiger partial charge in [0.05, 0.1) is 4.90 Å². The Hall–Kier alpha value is -1.93. The fraction of sp³-hybridized carbons (Fsp3) is 0.278. The van der Waals surface area contributed by atoms with Crippen LogP contribution < -0.4 is 10.0 Å². The normalized spacial score (nSPS) is 12.5. The zero-order valence-electron chi connectivity index (χ0n) is 14.1. The maximum absolute atomic E-state index is 12.6. The van der Waals surface area contributed by atoms with Gasteiger partial charge in [0.1, 0.15) is 6.04 Å². The highest BCUT2D eigenvalue weighted by molar-refractivity contribution is 7.89. The first kappa shape index (κ1) is 20.4. The lowest BCUT2D eigenvalue weighted by Crippen LogP contribution is -2.48. The van der Waals surface area contributed by atoms with Gasteiger partial charge in [-0.1, -0.05) is 41.9 Å². The van der Waals surface area contributed by atoms with Gasteiger partial charge in [0, 0.05) is 18.2 Å². The number of aliphatic hydroxyl groups excluding tert-OH is 1. The summed E-state index contributed by atoms with van der Waals surface area (Å²) in [5.41, 5.74) is 0.827. The molecule has 0 aliphatic rings. The number of hydrogen-bond acceptors (Lipinski definition) is 4. The molecule has 0 fully saturated rings. The summed E-state index contributed by atoms with van der Waals surface area (Å²) >= 11 is 5.80. The van der Waals surface area contributed by atoms with E-state index >= 15 is 0 Å². The van der Waals surface area contributed by atoms with Gasteiger partial charge in [0.2, 0.25) is 15.9 Å². The van der Waals surface area contributed by atoms with Crippen LogP contribution in [-0.4, -0.2) is 38.6 Å².